The summed E-state index contributed by atoms with van der Waals surface area (Å²) in [6.45, 7) is 10.5. The fourth-order valence-corrected chi connectivity index (χ4v) is 7.13. The van der Waals surface area contributed by atoms with Crippen molar-refractivity contribution in [3.63, 3.8) is 0 Å². The number of hydrogen-bond acceptors (Lipinski definition) is 12. The minimum atomic E-state index is -0.818. The first-order valence-corrected chi connectivity index (χ1v) is 17.7. The Kier molecular flexibility index (Phi) is 10.5. The SMILES string of the molecule is Cc1cc2c(c(O)c1-c1c(C)cc3c(c1O)/C(=C/NNC(=O)c1ccncc1)C(=O)C(O)=C3C(C)C)/C(=C/NNC(=O)c1ccncc1)C(=O)C(O)=C2C(C)C. The summed E-state index contributed by atoms with van der Waals surface area (Å²) in [5.41, 5.74) is 12.9. The standard InChI is InChI=1S/C42H40N6O8/c1-19(2)29-25-15-21(5)31(37(51)33(25)27(35(49)39(29)53)17-45-47-41(55)23-7-11-43-12-8-23)32-22(6)16-26-30(20(3)4)40(54)36(50)28(34(26)38(32)52)18-46-48-42(56)24-9-13-44-14-10-24/h7-20,45-46,51-54H,1-6H3,(H,47,55)(H,48,56)/b27-17-,28-18-. The molecule has 2 aromatic carbocycles. The van der Waals surface area contributed by atoms with E-state index in [-0.39, 0.29) is 67.5 Å². The van der Waals surface area contributed by atoms with Crippen molar-refractivity contribution in [3.05, 3.63) is 130 Å². The molecule has 0 saturated carbocycles. The van der Waals surface area contributed by atoms with Crippen molar-refractivity contribution in [2.45, 2.75) is 41.5 Å². The molecule has 2 aromatic heterocycles. The Morgan fingerprint density at radius 2 is 0.929 bits per heavy atom. The number of aromatic hydroxyl groups is 2. The molecule has 0 radical (unpaired) electrons. The fraction of sp³-hybridized carbons (Fsp3) is 0.190. The highest BCUT2D eigenvalue weighted by atomic mass is 16.3. The number of nitrogens with one attached hydrogen (secondary N) is 4. The lowest BCUT2D eigenvalue weighted by molar-refractivity contribution is -0.113. The summed E-state index contributed by atoms with van der Waals surface area (Å²) in [5, 5.41) is 46.9. The highest BCUT2D eigenvalue weighted by Gasteiger charge is 2.38. The molecular weight excluding hydrogens is 716 g/mol. The van der Waals surface area contributed by atoms with Gasteiger partial charge in [0.2, 0.25) is 11.6 Å². The summed E-state index contributed by atoms with van der Waals surface area (Å²) < 4.78 is 0. The van der Waals surface area contributed by atoms with Gasteiger partial charge < -0.3 is 31.3 Å². The smallest absolute Gasteiger partial charge is 0.269 e. The molecule has 6 rings (SSSR count). The van der Waals surface area contributed by atoms with Crippen LogP contribution in [0.3, 0.4) is 0 Å². The zero-order chi connectivity index (χ0) is 40.6. The Morgan fingerprint density at radius 1 is 0.589 bits per heavy atom. The third-order valence-electron chi connectivity index (χ3n) is 9.64. The number of benzene rings is 2. The van der Waals surface area contributed by atoms with E-state index >= 15 is 0 Å². The van der Waals surface area contributed by atoms with Crippen molar-refractivity contribution >= 4 is 45.7 Å². The summed E-state index contributed by atoms with van der Waals surface area (Å²) in [5.74, 6) is -5.30. The van der Waals surface area contributed by atoms with E-state index in [0.29, 0.717) is 22.3 Å². The molecule has 286 valence electrons. The summed E-state index contributed by atoms with van der Waals surface area (Å²) in [4.78, 5) is 60.9. The van der Waals surface area contributed by atoms with Gasteiger partial charge in [-0.1, -0.05) is 39.8 Å². The predicted molar refractivity (Wildman–Crippen MR) is 209 cm³/mol. The Hall–Kier alpha value is -7.22. The number of pyridine rings is 2. The molecular formula is C42H40N6O8. The summed E-state index contributed by atoms with van der Waals surface area (Å²) in [6.07, 6.45) is 8.11. The van der Waals surface area contributed by atoms with Gasteiger partial charge in [0.25, 0.3) is 11.8 Å². The van der Waals surface area contributed by atoms with E-state index in [9.17, 15) is 39.6 Å². The third kappa shape index (κ3) is 6.72. The largest absolute Gasteiger partial charge is 0.507 e. The molecule has 2 aliphatic rings. The second kappa shape index (κ2) is 15.3. The lowest BCUT2D eigenvalue weighted by Crippen LogP contribution is -2.34. The van der Waals surface area contributed by atoms with Gasteiger partial charge in [0.15, 0.2) is 11.5 Å². The number of fused-ring (bicyclic) bond motifs is 2. The van der Waals surface area contributed by atoms with Crippen LogP contribution in [0.25, 0.3) is 33.4 Å². The van der Waals surface area contributed by atoms with Crippen LogP contribution < -0.4 is 21.7 Å². The number of amides is 2. The molecule has 0 fully saturated rings. The maximum absolute atomic E-state index is 13.8. The number of phenolic OH excluding ortho intramolecular Hbond substituents is 2. The van der Waals surface area contributed by atoms with Crippen molar-refractivity contribution in [1.29, 1.82) is 0 Å². The molecule has 0 spiro atoms. The van der Waals surface area contributed by atoms with Crippen LogP contribution in [0.5, 0.6) is 11.5 Å². The van der Waals surface area contributed by atoms with Crippen LogP contribution in [0.4, 0.5) is 0 Å². The number of hydrogen-bond donors (Lipinski definition) is 8. The molecule has 0 aliphatic heterocycles. The number of rotatable bonds is 9. The van der Waals surface area contributed by atoms with Gasteiger partial charge in [-0.25, -0.2) is 0 Å². The van der Waals surface area contributed by atoms with Gasteiger partial charge in [-0.2, -0.15) is 0 Å². The number of phenols is 2. The first-order valence-electron chi connectivity index (χ1n) is 17.7. The highest BCUT2D eigenvalue weighted by molar-refractivity contribution is 6.35. The van der Waals surface area contributed by atoms with Crippen molar-refractivity contribution in [3.8, 4) is 22.6 Å². The average Bonchev–Trinajstić information content (AvgIpc) is 3.16. The van der Waals surface area contributed by atoms with E-state index in [1.807, 2.05) is 0 Å². The Bertz CT molecular complexity index is 2280. The van der Waals surface area contributed by atoms with E-state index < -0.39 is 46.4 Å². The molecule has 14 nitrogen and oxygen atoms in total. The maximum Gasteiger partial charge on any atom is 0.269 e. The van der Waals surface area contributed by atoms with E-state index in [0.717, 1.165) is 0 Å². The molecule has 2 heterocycles. The van der Waals surface area contributed by atoms with Crippen molar-refractivity contribution < 1.29 is 39.6 Å². The van der Waals surface area contributed by atoms with Crippen molar-refractivity contribution in [1.82, 2.24) is 31.7 Å². The summed E-state index contributed by atoms with van der Waals surface area (Å²) >= 11 is 0. The number of nitrogens with zero attached hydrogens (tertiary/aromatic N) is 2. The van der Waals surface area contributed by atoms with Crippen LogP contribution in [0, 0.1) is 25.7 Å². The number of allylic oxidation sites excluding steroid dienone is 4. The van der Waals surface area contributed by atoms with E-state index in [2.05, 4.69) is 31.7 Å². The minimum Gasteiger partial charge on any atom is -0.507 e. The molecule has 0 atom stereocenters. The number of aliphatic hydroxyl groups excluding tert-OH is 2. The minimum absolute atomic E-state index is 0.0343. The van der Waals surface area contributed by atoms with Crippen LogP contribution in [-0.2, 0) is 9.59 Å². The van der Waals surface area contributed by atoms with Crippen molar-refractivity contribution in [2.75, 3.05) is 0 Å². The number of ketones is 2. The molecule has 0 unspecified atom stereocenters. The lowest BCUT2D eigenvalue weighted by Gasteiger charge is -2.29. The molecule has 4 aromatic rings. The summed E-state index contributed by atoms with van der Waals surface area (Å²) in [7, 11) is 0. The number of aliphatic hydroxyl groups is 2. The molecule has 14 heteroatoms. The first kappa shape index (κ1) is 38.5. The topological polar surface area (TPSA) is 223 Å². The molecule has 8 N–H and O–H groups in total. The van der Waals surface area contributed by atoms with E-state index in [1.54, 1.807) is 53.7 Å². The number of aryl methyl sites for hydroxylation is 2. The average molecular weight is 757 g/mol. The molecule has 2 aliphatic carbocycles. The van der Waals surface area contributed by atoms with E-state index in [4.69, 9.17) is 0 Å². The number of Topliss-reactive ketones (excluding diaryl/α,β-unsaturated/α-hetero) is 2. The van der Waals surface area contributed by atoms with Crippen LogP contribution in [0.1, 0.15) is 81.8 Å². The Balaban J connectivity index is 1.52. The summed E-state index contributed by atoms with van der Waals surface area (Å²) in [6, 6.07) is 9.35. The van der Waals surface area contributed by atoms with Gasteiger partial charge in [0.1, 0.15) is 11.5 Å². The molecule has 2 amide bonds. The van der Waals surface area contributed by atoms with Gasteiger partial charge in [0, 0.05) is 81.7 Å². The van der Waals surface area contributed by atoms with Gasteiger partial charge in [-0.05, 0) is 72.2 Å². The first-order chi connectivity index (χ1) is 26.6. The van der Waals surface area contributed by atoms with Crippen LogP contribution in [0.2, 0.25) is 0 Å². The number of carbonyl (C=O) groups is 4. The Morgan fingerprint density at radius 3 is 1.25 bits per heavy atom. The van der Waals surface area contributed by atoms with Crippen LogP contribution in [-0.4, -0.2) is 53.8 Å². The quantitative estimate of drug-likeness (QED) is 0.0757. The maximum atomic E-state index is 13.8. The fourth-order valence-electron chi connectivity index (χ4n) is 7.13. The number of carbonyl (C=O) groups excluding carboxylic acids is 4. The zero-order valence-corrected chi connectivity index (χ0v) is 31.4. The molecule has 0 saturated heterocycles. The zero-order valence-electron chi connectivity index (χ0n) is 31.4. The van der Waals surface area contributed by atoms with Crippen LogP contribution >= 0.6 is 0 Å². The van der Waals surface area contributed by atoms with Gasteiger partial charge >= 0.3 is 0 Å². The third-order valence-corrected chi connectivity index (χ3v) is 9.64. The van der Waals surface area contributed by atoms with Gasteiger partial charge in [0.05, 0.1) is 11.1 Å². The monoisotopic (exact) mass is 756 g/mol. The molecule has 0 bridgehead atoms. The number of hydrazine groups is 2. The normalized spacial score (nSPS) is 15.4. The second-order valence-electron chi connectivity index (χ2n) is 14.0. The van der Waals surface area contributed by atoms with E-state index in [1.165, 1.54) is 61.5 Å². The second-order valence-corrected chi connectivity index (χ2v) is 14.0. The van der Waals surface area contributed by atoms with Gasteiger partial charge in [-0.15, -0.1) is 0 Å². The highest BCUT2D eigenvalue weighted by Crippen LogP contribution is 2.53. The molecule has 56 heavy (non-hydrogen) atoms. The number of aromatic nitrogens is 2. The van der Waals surface area contributed by atoms with Gasteiger partial charge in [-0.3, -0.25) is 40.0 Å². The van der Waals surface area contributed by atoms with Crippen LogP contribution in [0.15, 0.2) is 85.1 Å². The predicted octanol–water partition coefficient (Wildman–Crippen LogP) is 5.74. The lowest BCUT2D eigenvalue weighted by atomic mass is 9.75. The Labute approximate surface area is 322 Å². The van der Waals surface area contributed by atoms with Crippen molar-refractivity contribution in [2.24, 2.45) is 11.8 Å².